The highest BCUT2D eigenvalue weighted by molar-refractivity contribution is 5.71. The summed E-state index contributed by atoms with van der Waals surface area (Å²) in [5, 5.41) is 4.73. The lowest BCUT2D eigenvalue weighted by Gasteiger charge is -2.25. The zero-order valence-electron chi connectivity index (χ0n) is 15.6. The minimum absolute atomic E-state index is 0.179. The van der Waals surface area contributed by atoms with Gasteiger partial charge < -0.3 is 0 Å². The van der Waals surface area contributed by atoms with E-state index in [9.17, 15) is 0 Å². The Morgan fingerprint density at radius 3 is 1.82 bits per heavy atom. The van der Waals surface area contributed by atoms with E-state index in [1.165, 1.54) is 33.5 Å². The first-order valence-electron chi connectivity index (χ1n) is 8.21. The average molecular weight is 298 g/mol. The zero-order chi connectivity index (χ0) is 16.8. The molecule has 0 fully saturated rings. The minimum atomic E-state index is 0.179. The van der Waals surface area contributed by atoms with Crippen LogP contribution in [0.2, 0.25) is 0 Å². The number of hydrogen-bond donors (Lipinski definition) is 0. The van der Waals surface area contributed by atoms with Crippen molar-refractivity contribution >= 4 is 0 Å². The highest BCUT2D eigenvalue weighted by Gasteiger charge is 2.21. The zero-order valence-corrected chi connectivity index (χ0v) is 15.6. The topological polar surface area (TPSA) is 17.8 Å². The fourth-order valence-corrected chi connectivity index (χ4v) is 3.87. The van der Waals surface area contributed by atoms with Crippen LogP contribution in [-0.2, 0) is 5.41 Å². The molecule has 0 spiro atoms. The predicted octanol–water partition coefficient (Wildman–Crippen LogP) is 5.66. The van der Waals surface area contributed by atoms with E-state index >= 15 is 0 Å². The van der Waals surface area contributed by atoms with E-state index in [0.29, 0.717) is 6.04 Å². The smallest absolute Gasteiger partial charge is 0.0675 e. The summed E-state index contributed by atoms with van der Waals surface area (Å²) in [4.78, 5) is 0. The van der Waals surface area contributed by atoms with Crippen molar-refractivity contribution in [1.82, 2.24) is 9.78 Å². The van der Waals surface area contributed by atoms with Gasteiger partial charge in [-0.05, 0) is 69.2 Å². The van der Waals surface area contributed by atoms with Crippen molar-refractivity contribution in [2.45, 2.75) is 73.8 Å². The third-order valence-corrected chi connectivity index (χ3v) is 4.39. The molecular weight excluding hydrogens is 268 g/mol. The van der Waals surface area contributed by atoms with Crippen LogP contribution in [0.5, 0.6) is 0 Å². The first-order chi connectivity index (χ1) is 10.0. The molecule has 2 rings (SSSR count). The molecule has 0 amide bonds. The van der Waals surface area contributed by atoms with Crippen LogP contribution in [0.1, 0.15) is 68.7 Å². The standard InChI is InChI=1S/C20H30N2/c1-12(2)22-16(6)18(15(5)21-22)17-10-13(3)19(14(4)11-17)20(7,8)9/h10-12H,1-9H3. The van der Waals surface area contributed by atoms with Gasteiger partial charge in [-0.1, -0.05) is 32.9 Å². The van der Waals surface area contributed by atoms with Gasteiger partial charge in [0, 0.05) is 17.3 Å². The summed E-state index contributed by atoms with van der Waals surface area (Å²) in [5.74, 6) is 0. The maximum Gasteiger partial charge on any atom is 0.0675 e. The Kier molecular flexibility index (Phi) is 4.25. The van der Waals surface area contributed by atoms with Crippen molar-refractivity contribution in [3.8, 4) is 11.1 Å². The lowest BCUT2D eigenvalue weighted by Crippen LogP contribution is -2.15. The number of nitrogens with zero attached hydrogens (tertiary/aromatic N) is 2. The molecule has 2 nitrogen and oxygen atoms in total. The van der Waals surface area contributed by atoms with Gasteiger partial charge in [0.2, 0.25) is 0 Å². The monoisotopic (exact) mass is 298 g/mol. The van der Waals surface area contributed by atoms with E-state index in [4.69, 9.17) is 5.10 Å². The van der Waals surface area contributed by atoms with E-state index in [1.807, 2.05) is 0 Å². The quantitative estimate of drug-likeness (QED) is 0.699. The second kappa shape index (κ2) is 5.57. The van der Waals surface area contributed by atoms with Gasteiger partial charge in [0.15, 0.2) is 0 Å². The molecule has 0 aliphatic heterocycles. The summed E-state index contributed by atoms with van der Waals surface area (Å²) >= 11 is 0. The van der Waals surface area contributed by atoms with E-state index in [1.54, 1.807) is 0 Å². The maximum absolute atomic E-state index is 4.73. The largest absolute Gasteiger partial charge is 0.266 e. The molecule has 0 saturated heterocycles. The number of aromatic nitrogens is 2. The van der Waals surface area contributed by atoms with E-state index in [0.717, 1.165) is 5.69 Å². The van der Waals surface area contributed by atoms with Gasteiger partial charge in [-0.25, -0.2) is 0 Å². The van der Waals surface area contributed by atoms with Crippen molar-refractivity contribution in [2.75, 3.05) is 0 Å². The Morgan fingerprint density at radius 2 is 1.45 bits per heavy atom. The Morgan fingerprint density at radius 1 is 0.955 bits per heavy atom. The molecule has 0 unspecified atom stereocenters. The first kappa shape index (κ1) is 16.8. The first-order valence-corrected chi connectivity index (χ1v) is 8.21. The van der Waals surface area contributed by atoms with Crippen molar-refractivity contribution in [2.24, 2.45) is 0 Å². The van der Waals surface area contributed by atoms with Crippen LogP contribution in [0.3, 0.4) is 0 Å². The molecule has 0 atom stereocenters. The molecule has 0 N–H and O–H groups in total. The average Bonchev–Trinajstić information content (AvgIpc) is 2.62. The van der Waals surface area contributed by atoms with E-state index in [-0.39, 0.29) is 5.41 Å². The summed E-state index contributed by atoms with van der Waals surface area (Å²) in [6.45, 7) is 20.0. The second-order valence-electron chi connectivity index (χ2n) is 7.82. The molecule has 2 aromatic rings. The minimum Gasteiger partial charge on any atom is -0.266 e. The van der Waals surface area contributed by atoms with E-state index in [2.05, 4.69) is 79.1 Å². The molecule has 0 aliphatic rings. The molecule has 1 aromatic carbocycles. The third kappa shape index (κ3) is 2.84. The Hall–Kier alpha value is -1.57. The predicted molar refractivity (Wildman–Crippen MR) is 95.7 cm³/mol. The molecule has 0 bridgehead atoms. The van der Waals surface area contributed by atoms with Crippen molar-refractivity contribution in [3.05, 3.63) is 40.2 Å². The summed E-state index contributed by atoms with van der Waals surface area (Å²) in [5.41, 5.74) is 9.35. The highest BCUT2D eigenvalue weighted by Crippen LogP contribution is 2.35. The van der Waals surface area contributed by atoms with Crippen molar-refractivity contribution in [1.29, 1.82) is 0 Å². The molecule has 0 radical (unpaired) electrons. The van der Waals surface area contributed by atoms with Gasteiger partial charge in [-0.2, -0.15) is 5.10 Å². The lowest BCUT2D eigenvalue weighted by molar-refractivity contribution is 0.516. The van der Waals surface area contributed by atoms with Crippen molar-refractivity contribution < 1.29 is 0 Å². The molecule has 1 aromatic heterocycles. The Labute approximate surface area is 135 Å². The Balaban J connectivity index is 2.66. The van der Waals surface area contributed by atoms with Crippen LogP contribution in [0.4, 0.5) is 0 Å². The number of benzene rings is 1. The fourth-order valence-electron chi connectivity index (χ4n) is 3.87. The number of aryl methyl sites for hydroxylation is 3. The summed E-state index contributed by atoms with van der Waals surface area (Å²) in [7, 11) is 0. The summed E-state index contributed by atoms with van der Waals surface area (Å²) < 4.78 is 2.13. The highest BCUT2D eigenvalue weighted by atomic mass is 15.3. The van der Waals surface area contributed by atoms with Gasteiger partial charge in [0.1, 0.15) is 0 Å². The second-order valence-corrected chi connectivity index (χ2v) is 7.82. The van der Waals surface area contributed by atoms with Gasteiger partial charge >= 0.3 is 0 Å². The van der Waals surface area contributed by atoms with Gasteiger partial charge in [0.05, 0.1) is 5.69 Å². The fraction of sp³-hybridized carbons (Fsp3) is 0.550. The molecule has 0 saturated carbocycles. The molecule has 22 heavy (non-hydrogen) atoms. The van der Waals surface area contributed by atoms with Crippen LogP contribution in [0.25, 0.3) is 11.1 Å². The molecule has 1 heterocycles. The number of hydrogen-bond acceptors (Lipinski definition) is 1. The normalized spacial score (nSPS) is 12.3. The SMILES string of the molecule is Cc1cc(-c2c(C)nn(C(C)C)c2C)cc(C)c1C(C)(C)C. The van der Waals surface area contributed by atoms with Gasteiger partial charge in [-0.3, -0.25) is 4.68 Å². The van der Waals surface area contributed by atoms with Crippen LogP contribution < -0.4 is 0 Å². The lowest BCUT2D eigenvalue weighted by atomic mass is 9.80. The maximum atomic E-state index is 4.73. The molecule has 120 valence electrons. The van der Waals surface area contributed by atoms with Gasteiger partial charge in [0.25, 0.3) is 0 Å². The summed E-state index contributed by atoms with van der Waals surface area (Å²) in [6, 6.07) is 5.05. The molecular formula is C20H30N2. The summed E-state index contributed by atoms with van der Waals surface area (Å²) in [6.07, 6.45) is 0. The molecule has 0 aliphatic carbocycles. The number of rotatable bonds is 2. The van der Waals surface area contributed by atoms with Crippen LogP contribution in [-0.4, -0.2) is 9.78 Å². The van der Waals surface area contributed by atoms with E-state index < -0.39 is 0 Å². The van der Waals surface area contributed by atoms with Crippen LogP contribution in [0.15, 0.2) is 12.1 Å². The van der Waals surface area contributed by atoms with Crippen LogP contribution >= 0.6 is 0 Å². The third-order valence-electron chi connectivity index (χ3n) is 4.39. The van der Waals surface area contributed by atoms with Gasteiger partial charge in [-0.15, -0.1) is 0 Å². The van der Waals surface area contributed by atoms with Crippen LogP contribution in [0, 0.1) is 27.7 Å². The Bertz CT molecular complexity index is 674. The van der Waals surface area contributed by atoms with Crippen molar-refractivity contribution in [3.63, 3.8) is 0 Å². The molecule has 2 heteroatoms.